The summed E-state index contributed by atoms with van der Waals surface area (Å²) >= 11 is 0. The second kappa shape index (κ2) is 11.7. The van der Waals surface area contributed by atoms with Crippen molar-refractivity contribution in [3.05, 3.63) is 70.8 Å². The predicted octanol–water partition coefficient (Wildman–Crippen LogP) is 4.85. The van der Waals surface area contributed by atoms with E-state index >= 15 is 0 Å². The summed E-state index contributed by atoms with van der Waals surface area (Å²) in [6.45, 7) is -1.26. The molecule has 0 atom stereocenters. The molecule has 2 aromatic carbocycles. The van der Waals surface area contributed by atoms with Crippen molar-refractivity contribution in [2.24, 2.45) is 5.73 Å². The molecule has 0 aliphatic heterocycles. The molecule has 11 heteroatoms. The molecule has 4 nitrogen and oxygen atoms in total. The van der Waals surface area contributed by atoms with E-state index in [1.54, 1.807) is 0 Å². The number of aliphatic hydroxyl groups excluding tert-OH is 2. The average Bonchev–Trinajstić information content (AvgIpc) is 2.74. The summed E-state index contributed by atoms with van der Waals surface area (Å²) in [5.74, 6) is -0.401. The Bertz CT molecular complexity index is 910. The molecule has 0 radical (unpaired) electrons. The molecule has 0 aliphatic carbocycles. The number of ether oxygens (including phenoxy) is 1. The van der Waals surface area contributed by atoms with E-state index in [2.05, 4.69) is 0 Å². The van der Waals surface area contributed by atoms with Gasteiger partial charge in [-0.2, -0.15) is 26.3 Å². The monoisotopic (exact) mass is 499 g/mol. The van der Waals surface area contributed by atoms with Crippen molar-refractivity contribution in [3.63, 3.8) is 0 Å². The van der Waals surface area contributed by atoms with E-state index in [9.17, 15) is 36.6 Å². The maximum atomic E-state index is 13.4. The Hall–Kier alpha value is -2.27. The molecule has 0 aliphatic rings. The van der Waals surface area contributed by atoms with Gasteiger partial charge in [0.25, 0.3) is 0 Å². The molecule has 184 valence electrons. The average molecular weight is 500 g/mol. The van der Waals surface area contributed by atoms with Crippen LogP contribution in [-0.2, 0) is 18.8 Å². The van der Waals surface area contributed by atoms with Gasteiger partial charge < -0.3 is 20.7 Å². The summed E-state index contributed by atoms with van der Waals surface area (Å²) in [6, 6.07) is 7.82. The molecule has 0 fully saturated rings. The fourth-order valence-corrected chi connectivity index (χ4v) is 2.79. The smallest absolute Gasteiger partial charge is 0.419 e. The van der Waals surface area contributed by atoms with Gasteiger partial charge in [0.1, 0.15) is 12.4 Å². The van der Waals surface area contributed by atoms with Crippen LogP contribution in [0.2, 0.25) is 0 Å². The molecule has 2 aromatic rings. The molecule has 0 amide bonds. The van der Waals surface area contributed by atoms with E-state index in [0.717, 1.165) is 18.2 Å². The second-order valence-electron chi connectivity index (χ2n) is 7.34. The van der Waals surface area contributed by atoms with E-state index in [1.807, 2.05) is 0 Å². The van der Waals surface area contributed by atoms with Crippen LogP contribution in [0.1, 0.15) is 28.7 Å². The Balaban J connectivity index is 0.00000544. The van der Waals surface area contributed by atoms with E-state index in [4.69, 9.17) is 10.5 Å². The molecule has 0 heterocycles. The Morgan fingerprint density at radius 2 is 1.48 bits per heavy atom. The molecule has 0 spiro atoms. The van der Waals surface area contributed by atoms with E-state index < -0.39 is 48.0 Å². The first kappa shape index (κ1) is 28.8. The zero-order valence-corrected chi connectivity index (χ0v) is 18.1. The zero-order valence-electron chi connectivity index (χ0n) is 17.3. The number of benzene rings is 2. The quantitative estimate of drug-likeness (QED) is 0.431. The van der Waals surface area contributed by atoms with Crippen molar-refractivity contribution in [1.82, 2.24) is 0 Å². The van der Waals surface area contributed by atoms with Crippen LogP contribution < -0.4 is 10.5 Å². The van der Waals surface area contributed by atoms with Crippen LogP contribution in [0.15, 0.2) is 48.5 Å². The summed E-state index contributed by atoms with van der Waals surface area (Å²) < 4.78 is 83.2. The van der Waals surface area contributed by atoms with Crippen LogP contribution in [0.4, 0.5) is 26.3 Å². The number of nitrogens with two attached hydrogens (primary N) is 1. The van der Waals surface area contributed by atoms with E-state index in [0.29, 0.717) is 11.1 Å². The summed E-state index contributed by atoms with van der Waals surface area (Å²) in [5.41, 5.74) is 3.40. The Morgan fingerprint density at radius 1 is 0.879 bits per heavy atom. The van der Waals surface area contributed by atoms with Crippen LogP contribution in [0.3, 0.4) is 0 Å². The lowest BCUT2D eigenvalue weighted by Gasteiger charge is -2.24. The van der Waals surface area contributed by atoms with Crippen molar-refractivity contribution < 1.29 is 41.3 Å². The lowest BCUT2D eigenvalue weighted by atomic mass is 9.93. The first-order valence-electron chi connectivity index (χ1n) is 9.55. The normalized spacial score (nSPS) is 12.6. The predicted molar refractivity (Wildman–Crippen MR) is 114 cm³/mol. The molecule has 0 saturated heterocycles. The molecular formula is C22H24ClF6NO3. The molecular weight excluding hydrogens is 476 g/mol. The first-order chi connectivity index (χ1) is 14.9. The van der Waals surface area contributed by atoms with Crippen molar-refractivity contribution in [1.29, 1.82) is 0 Å². The van der Waals surface area contributed by atoms with Crippen molar-refractivity contribution >= 4 is 18.5 Å². The highest BCUT2D eigenvalue weighted by Crippen LogP contribution is 2.37. The lowest BCUT2D eigenvalue weighted by molar-refractivity contribution is -0.139. The summed E-state index contributed by atoms with van der Waals surface area (Å²) in [6.07, 6.45) is -6.12. The fourth-order valence-electron chi connectivity index (χ4n) is 2.79. The standard InChI is InChI=1S/C22H23F6NO3.ClH/c23-21(24,25)17-6-3-15(4-7-17)2-1-11-32-19-8-5-16(12-18(19)22(26,27)28)9-10-20(29,13-30)14-31;/h1-8,12,30-31H,9-11,13-14,29H2;1H. The molecule has 0 aromatic heterocycles. The van der Waals surface area contributed by atoms with Crippen LogP contribution in [0.25, 0.3) is 6.08 Å². The molecule has 33 heavy (non-hydrogen) atoms. The van der Waals surface area contributed by atoms with Gasteiger partial charge in [-0.25, -0.2) is 0 Å². The van der Waals surface area contributed by atoms with Crippen molar-refractivity contribution in [2.75, 3.05) is 19.8 Å². The Labute approximate surface area is 193 Å². The number of hydrogen-bond acceptors (Lipinski definition) is 4. The zero-order chi connectivity index (χ0) is 24.0. The topological polar surface area (TPSA) is 75.7 Å². The number of hydrogen-bond donors (Lipinski definition) is 3. The van der Waals surface area contributed by atoms with Gasteiger partial charge in [0.2, 0.25) is 0 Å². The minimum Gasteiger partial charge on any atom is -0.489 e. The lowest BCUT2D eigenvalue weighted by Crippen LogP contribution is -2.47. The number of aliphatic hydroxyl groups is 2. The number of aryl methyl sites for hydroxylation is 1. The first-order valence-corrected chi connectivity index (χ1v) is 9.55. The highest BCUT2D eigenvalue weighted by atomic mass is 35.5. The van der Waals surface area contributed by atoms with Gasteiger partial charge in [-0.1, -0.05) is 24.3 Å². The van der Waals surface area contributed by atoms with Crippen LogP contribution in [0.5, 0.6) is 5.75 Å². The number of alkyl halides is 6. The molecule has 2 rings (SSSR count). The maximum absolute atomic E-state index is 13.4. The summed E-state index contributed by atoms with van der Waals surface area (Å²) in [7, 11) is 0. The van der Waals surface area contributed by atoms with Gasteiger partial charge in [0, 0.05) is 0 Å². The van der Waals surface area contributed by atoms with Gasteiger partial charge in [0.05, 0.1) is 29.9 Å². The largest absolute Gasteiger partial charge is 0.489 e. The van der Waals surface area contributed by atoms with Crippen LogP contribution in [0, 0.1) is 0 Å². The third kappa shape index (κ3) is 8.54. The van der Waals surface area contributed by atoms with Crippen molar-refractivity contribution in [2.45, 2.75) is 30.7 Å². The SMILES string of the molecule is Cl.NC(CO)(CO)CCc1ccc(OCC=Cc2ccc(C(F)(F)F)cc2)c(C(F)(F)F)c1. The summed E-state index contributed by atoms with van der Waals surface area (Å²) in [4.78, 5) is 0. The molecule has 0 saturated carbocycles. The number of halogens is 7. The minimum atomic E-state index is -4.68. The van der Waals surface area contributed by atoms with E-state index in [1.165, 1.54) is 36.4 Å². The molecule has 0 bridgehead atoms. The second-order valence-corrected chi connectivity index (χ2v) is 7.34. The van der Waals surface area contributed by atoms with Gasteiger partial charge in [-0.3, -0.25) is 0 Å². The third-order valence-corrected chi connectivity index (χ3v) is 4.77. The maximum Gasteiger partial charge on any atom is 0.419 e. The van der Waals surface area contributed by atoms with Gasteiger partial charge in [0.15, 0.2) is 0 Å². The Kier molecular flexibility index (Phi) is 10.2. The summed E-state index contributed by atoms with van der Waals surface area (Å²) in [5, 5.41) is 18.4. The molecule has 4 N–H and O–H groups in total. The van der Waals surface area contributed by atoms with Gasteiger partial charge >= 0.3 is 12.4 Å². The number of rotatable bonds is 9. The van der Waals surface area contributed by atoms with Gasteiger partial charge in [-0.15, -0.1) is 12.4 Å². The third-order valence-electron chi connectivity index (χ3n) is 4.77. The van der Waals surface area contributed by atoms with Crippen LogP contribution in [-0.4, -0.2) is 35.6 Å². The van der Waals surface area contributed by atoms with E-state index in [-0.39, 0.29) is 31.9 Å². The molecule has 0 unspecified atom stereocenters. The minimum absolute atomic E-state index is 0. The highest BCUT2D eigenvalue weighted by molar-refractivity contribution is 5.85. The highest BCUT2D eigenvalue weighted by Gasteiger charge is 2.35. The Morgan fingerprint density at radius 3 is 2.00 bits per heavy atom. The van der Waals surface area contributed by atoms with Gasteiger partial charge in [-0.05, 0) is 54.3 Å². The fraction of sp³-hybridized carbons (Fsp3) is 0.364. The van der Waals surface area contributed by atoms with Crippen molar-refractivity contribution in [3.8, 4) is 5.75 Å². The van der Waals surface area contributed by atoms with Crippen LogP contribution >= 0.6 is 12.4 Å².